The normalized spacial score (nSPS) is 25.7. The van der Waals surface area contributed by atoms with E-state index in [0.717, 1.165) is 5.13 Å². The highest BCUT2D eigenvalue weighted by atomic mass is 32.1. The Morgan fingerprint density at radius 3 is 2.24 bits per heavy atom. The molecule has 3 amide bonds. The molecule has 156 valence electrons. The van der Waals surface area contributed by atoms with Crippen LogP contribution in [0, 0.1) is 17.8 Å². The molecule has 0 saturated carbocycles. The second-order valence-corrected chi connectivity index (χ2v) is 9.35. The summed E-state index contributed by atoms with van der Waals surface area (Å²) < 4.78 is 0. The minimum absolute atomic E-state index is 0.0919. The number of imide groups is 1. The number of carbonyl (C=O) groups excluding carboxylic acids is 3. The van der Waals surface area contributed by atoms with E-state index in [4.69, 9.17) is 0 Å². The van der Waals surface area contributed by atoms with Crippen LogP contribution in [0.4, 0.5) is 5.13 Å². The van der Waals surface area contributed by atoms with Crippen molar-refractivity contribution in [2.45, 2.75) is 39.2 Å². The van der Waals surface area contributed by atoms with Crippen molar-refractivity contribution in [3.05, 3.63) is 23.7 Å². The van der Waals surface area contributed by atoms with E-state index in [1.807, 2.05) is 36.3 Å². The average molecular weight is 417 g/mol. The van der Waals surface area contributed by atoms with Crippen molar-refractivity contribution in [2.24, 2.45) is 17.8 Å². The Morgan fingerprint density at radius 1 is 1.10 bits per heavy atom. The summed E-state index contributed by atoms with van der Waals surface area (Å²) in [4.78, 5) is 49.2. The molecular formula is C21H28N4O3S. The first-order chi connectivity index (χ1) is 14.0. The molecule has 0 bridgehead atoms. The molecule has 0 spiro atoms. The monoisotopic (exact) mass is 416 g/mol. The average Bonchev–Trinajstić information content (AvgIpc) is 3.34. The van der Waals surface area contributed by atoms with E-state index in [-0.39, 0.29) is 35.5 Å². The Labute approximate surface area is 175 Å². The predicted octanol–water partition coefficient (Wildman–Crippen LogP) is 2.16. The van der Waals surface area contributed by atoms with Crippen LogP contribution < -0.4 is 4.90 Å². The molecule has 1 aromatic rings. The zero-order valence-corrected chi connectivity index (χ0v) is 17.8. The van der Waals surface area contributed by atoms with Gasteiger partial charge in [-0.15, -0.1) is 11.3 Å². The second kappa shape index (κ2) is 8.26. The van der Waals surface area contributed by atoms with Gasteiger partial charge < -0.3 is 9.80 Å². The van der Waals surface area contributed by atoms with Crippen LogP contribution in [0.3, 0.4) is 0 Å². The topological polar surface area (TPSA) is 73.8 Å². The first kappa shape index (κ1) is 20.1. The third-order valence-corrected chi connectivity index (χ3v) is 6.95. The van der Waals surface area contributed by atoms with Crippen molar-refractivity contribution in [1.82, 2.24) is 14.8 Å². The summed E-state index contributed by atoms with van der Waals surface area (Å²) >= 11 is 1.59. The summed E-state index contributed by atoms with van der Waals surface area (Å²) in [5.74, 6) is -0.796. The highest BCUT2D eigenvalue weighted by molar-refractivity contribution is 7.13. The predicted molar refractivity (Wildman–Crippen MR) is 111 cm³/mol. The molecule has 7 nitrogen and oxygen atoms in total. The summed E-state index contributed by atoms with van der Waals surface area (Å²) in [5.41, 5.74) is 0. The van der Waals surface area contributed by atoms with Gasteiger partial charge in [-0.3, -0.25) is 19.3 Å². The molecule has 2 saturated heterocycles. The lowest BCUT2D eigenvalue weighted by Gasteiger charge is -2.38. The first-order valence-corrected chi connectivity index (χ1v) is 11.3. The van der Waals surface area contributed by atoms with E-state index in [0.29, 0.717) is 45.4 Å². The summed E-state index contributed by atoms with van der Waals surface area (Å²) in [6, 6.07) is -0.688. The van der Waals surface area contributed by atoms with Crippen molar-refractivity contribution in [3.8, 4) is 0 Å². The lowest BCUT2D eigenvalue weighted by molar-refractivity contribution is -0.152. The van der Waals surface area contributed by atoms with Gasteiger partial charge in [0.2, 0.25) is 17.7 Å². The number of fused-ring (bicyclic) bond motifs is 1. The number of likely N-dealkylation sites (tertiary alicyclic amines) is 1. The highest BCUT2D eigenvalue weighted by Gasteiger charge is 2.51. The smallest absolute Gasteiger partial charge is 0.246 e. The lowest BCUT2D eigenvalue weighted by Crippen LogP contribution is -2.56. The zero-order chi connectivity index (χ0) is 20.5. The van der Waals surface area contributed by atoms with E-state index in [9.17, 15) is 14.4 Å². The van der Waals surface area contributed by atoms with Crippen LogP contribution in [-0.2, 0) is 14.4 Å². The molecule has 0 radical (unpaired) electrons. The maximum Gasteiger partial charge on any atom is 0.246 e. The first-order valence-electron chi connectivity index (χ1n) is 10.4. The van der Waals surface area contributed by atoms with Gasteiger partial charge >= 0.3 is 0 Å². The fraction of sp³-hybridized carbons (Fsp3) is 0.619. The number of amides is 3. The molecule has 3 heterocycles. The molecule has 0 aromatic carbocycles. The fourth-order valence-corrected chi connectivity index (χ4v) is 5.29. The summed E-state index contributed by atoms with van der Waals surface area (Å²) in [6.07, 6.45) is 7.45. The number of hydrogen-bond acceptors (Lipinski definition) is 6. The second-order valence-electron chi connectivity index (χ2n) is 8.47. The third-order valence-electron chi connectivity index (χ3n) is 6.11. The Kier molecular flexibility index (Phi) is 5.72. The van der Waals surface area contributed by atoms with E-state index in [2.05, 4.69) is 9.88 Å². The number of anilines is 1. The van der Waals surface area contributed by atoms with E-state index >= 15 is 0 Å². The van der Waals surface area contributed by atoms with Gasteiger partial charge in [-0.2, -0.15) is 0 Å². The maximum atomic E-state index is 13.4. The van der Waals surface area contributed by atoms with Crippen LogP contribution in [0.1, 0.15) is 33.1 Å². The number of rotatable bonds is 5. The number of thiazole rings is 1. The van der Waals surface area contributed by atoms with Gasteiger partial charge in [0.25, 0.3) is 0 Å². The third kappa shape index (κ3) is 3.82. The summed E-state index contributed by atoms with van der Waals surface area (Å²) in [6.45, 7) is 6.64. The summed E-state index contributed by atoms with van der Waals surface area (Å²) in [5, 5.41) is 2.92. The van der Waals surface area contributed by atoms with Crippen LogP contribution in [-0.4, -0.2) is 64.7 Å². The van der Waals surface area contributed by atoms with E-state index in [1.54, 1.807) is 17.5 Å². The maximum absolute atomic E-state index is 13.4. The van der Waals surface area contributed by atoms with Crippen molar-refractivity contribution in [3.63, 3.8) is 0 Å². The number of piperazine rings is 1. The van der Waals surface area contributed by atoms with Crippen LogP contribution in [0.5, 0.6) is 0 Å². The van der Waals surface area contributed by atoms with Crippen LogP contribution in [0.25, 0.3) is 0 Å². The van der Waals surface area contributed by atoms with Crippen LogP contribution >= 0.6 is 11.3 Å². The van der Waals surface area contributed by atoms with Gasteiger partial charge in [-0.1, -0.05) is 26.0 Å². The van der Waals surface area contributed by atoms with Crippen molar-refractivity contribution in [1.29, 1.82) is 0 Å². The zero-order valence-electron chi connectivity index (χ0n) is 17.0. The number of hydrogen-bond donors (Lipinski definition) is 0. The molecular weight excluding hydrogens is 388 g/mol. The number of carbonyl (C=O) groups is 3. The standard InChI is InChI=1S/C21H28N4O3S/c1-14(2)13-17(25-18(26)15-5-3-4-6-16(15)19(25)27)20(28)23-8-10-24(11-9-23)21-22-7-12-29-21/h3-4,7,12,14-17H,5-6,8-11,13H2,1-2H3. The van der Waals surface area contributed by atoms with E-state index < -0.39 is 6.04 Å². The Hall–Kier alpha value is -2.22. The van der Waals surface area contributed by atoms with Gasteiger partial charge in [-0.25, -0.2) is 4.98 Å². The molecule has 1 aromatic heterocycles. The molecule has 1 aliphatic carbocycles. The number of allylic oxidation sites excluding steroid dienone is 2. The van der Waals surface area contributed by atoms with Gasteiger partial charge in [-0.05, 0) is 25.2 Å². The Balaban J connectivity index is 1.49. The summed E-state index contributed by atoms with van der Waals surface area (Å²) in [7, 11) is 0. The van der Waals surface area contributed by atoms with Gasteiger partial charge in [0, 0.05) is 37.8 Å². The Morgan fingerprint density at radius 2 is 1.72 bits per heavy atom. The van der Waals surface area contributed by atoms with Gasteiger partial charge in [0.15, 0.2) is 5.13 Å². The molecule has 2 fully saturated rings. The van der Waals surface area contributed by atoms with Crippen LogP contribution in [0.15, 0.2) is 23.7 Å². The minimum Gasteiger partial charge on any atom is -0.345 e. The SMILES string of the molecule is CC(C)CC(C(=O)N1CCN(c2nccs2)CC1)N1C(=O)C2CC=CCC2C1=O. The van der Waals surface area contributed by atoms with Crippen molar-refractivity contribution >= 4 is 34.2 Å². The Bertz CT molecular complexity index is 773. The van der Waals surface area contributed by atoms with Crippen molar-refractivity contribution < 1.29 is 14.4 Å². The van der Waals surface area contributed by atoms with Gasteiger partial charge in [0.05, 0.1) is 11.8 Å². The van der Waals surface area contributed by atoms with Crippen LogP contribution in [0.2, 0.25) is 0 Å². The molecule has 2 aliphatic heterocycles. The molecule has 3 aliphatic rings. The fourth-order valence-electron chi connectivity index (χ4n) is 4.60. The molecule has 0 N–H and O–H groups in total. The molecule has 3 unspecified atom stereocenters. The highest BCUT2D eigenvalue weighted by Crippen LogP contribution is 2.37. The quantitative estimate of drug-likeness (QED) is 0.543. The minimum atomic E-state index is -0.688. The molecule has 3 atom stereocenters. The van der Waals surface area contributed by atoms with E-state index in [1.165, 1.54) is 4.90 Å². The number of nitrogens with zero attached hydrogens (tertiary/aromatic N) is 4. The molecule has 4 rings (SSSR count). The lowest BCUT2D eigenvalue weighted by atomic mass is 9.85. The largest absolute Gasteiger partial charge is 0.345 e. The van der Waals surface area contributed by atoms with Crippen molar-refractivity contribution in [2.75, 3.05) is 31.1 Å². The molecule has 8 heteroatoms. The van der Waals surface area contributed by atoms with Gasteiger partial charge in [0.1, 0.15) is 6.04 Å². The number of aromatic nitrogens is 1. The molecule has 29 heavy (non-hydrogen) atoms.